The van der Waals surface area contributed by atoms with Gasteiger partial charge in [-0.1, -0.05) is 23.7 Å². The Balaban J connectivity index is 1.26. The van der Waals surface area contributed by atoms with Gasteiger partial charge in [0.15, 0.2) is 0 Å². The maximum Gasteiger partial charge on any atom is 0.371 e. The molecule has 186 valence electrons. The van der Waals surface area contributed by atoms with Crippen molar-refractivity contribution in [3.63, 3.8) is 0 Å². The molecule has 1 aromatic carbocycles. The van der Waals surface area contributed by atoms with E-state index in [2.05, 4.69) is 14.9 Å². The average molecular weight is 515 g/mol. The number of ether oxygens (including phenoxy) is 1. The molecule has 0 bridgehead atoms. The number of aromatic nitrogens is 3. The Morgan fingerprint density at radius 3 is 2.72 bits per heavy atom. The molecule has 36 heavy (non-hydrogen) atoms. The van der Waals surface area contributed by atoms with Gasteiger partial charge in [-0.15, -0.1) is 0 Å². The Hall–Kier alpha value is -3.76. The molecule has 0 spiro atoms. The molecule has 0 amide bonds. The lowest BCUT2D eigenvalue weighted by Gasteiger charge is -2.26. The van der Waals surface area contributed by atoms with Crippen LogP contribution in [0.5, 0.6) is 5.88 Å². The molecule has 0 unspecified atom stereocenters. The smallest absolute Gasteiger partial charge is 0.371 e. The summed E-state index contributed by atoms with van der Waals surface area (Å²) in [4.78, 5) is 22.0. The number of hydrogen-bond acceptors (Lipinski definition) is 6. The van der Waals surface area contributed by atoms with Gasteiger partial charge in [-0.3, -0.25) is 4.90 Å². The third-order valence-corrected chi connectivity index (χ3v) is 6.29. The van der Waals surface area contributed by atoms with E-state index in [1.165, 1.54) is 30.3 Å². The van der Waals surface area contributed by atoms with Crippen LogP contribution < -0.4 is 4.74 Å². The van der Waals surface area contributed by atoms with Gasteiger partial charge in [-0.05, 0) is 30.2 Å². The van der Waals surface area contributed by atoms with Crippen molar-refractivity contribution in [2.24, 2.45) is 7.05 Å². The summed E-state index contributed by atoms with van der Waals surface area (Å²) in [6.07, 6.45) is 2.47. The minimum absolute atomic E-state index is 0.0611. The Kier molecular flexibility index (Phi) is 6.46. The summed E-state index contributed by atoms with van der Waals surface area (Å²) in [6, 6.07) is 8.46. The van der Waals surface area contributed by atoms with Crippen LogP contribution in [0.3, 0.4) is 0 Å². The summed E-state index contributed by atoms with van der Waals surface area (Å²) in [7, 11) is 1.80. The molecule has 0 atom stereocenters. The van der Waals surface area contributed by atoms with Crippen LogP contribution in [-0.4, -0.2) is 43.6 Å². The first kappa shape index (κ1) is 24.0. The number of benzene rings is 1. The molecule has 0 radical (unpaired) electrons. The molecule has 1 aliphatic heterocycles. The Bertz CT molecular complexity index is 1500. The standard InChI is InChI=1S/C25H21ClF2N4O4/c1-31-19-11-20(25(33)34)36-24(19)29-21(31)12-32-8-6-14(7-9-32)23-17(27)4-5-22(30-23)35-13-15-2-3-16(26)10-18(15)28/h2-6,10-11H,7-9,12-13H2,1H3,(H,33,34). The number of carboxylic acids is 1. The molecule has 0 aliphatic carbocycles. The summed E-state index contributed by atoms with van der Waals surface area (Å²) in [6.45, 7) is 1.64. The topological polar surface area (TPSA) is 93.6 Å². The summed E-state index contributed by atoms with van der Waals surface area (Å²) >= 11 is 5.78. The number of pyridine rings is 1. The van der Waals surface area contributed by atoms with Gasteiger partial charge in [0.25, 0.3) is 0 Å². The fourth-order valence-electron chi connectivity index (χ4n) is 4.06. The van der Waals surface area contributed by atoms with Crippen LogP contribution in [-0.2, 0) is 20.2 Å². The van der Waals surface area contributed by atoms with E-state index in [-0.39, 0.29) is 29.7 Å². The van der Waals surface area contributed by atoms with Crippen molar-refractivity contribution in [3.05, 3.63) is 82.0 Å². The number of aromatic carboxylic acids is 1. The number of furan rings is 1. The van der Waals surface area contributed by atoms with Gasteiger partial charge in [0.05, 0.1) is 6.54 Å². The quantitative estimate of drug-likeness (QED) is 0.368. The predicted molar refractivity (Wildman–Crippen MR) is 128 cm³/mol. The van der Waals surface area contributed by atoms with Gasteiger partial charge in [0.2, 0.25) is 17.4 Å². The van der Waals surface area contributed by atoms with E-state index in [0.717, 1.165) is 11.4 Å². The first-order chi connectivity index (χ1) is 17.3. The highest BCUT2D eigenvalue weighted by Gasteiger charge is 2.21. The van der Waals surface area contributed by atoms with E-state index in [4.69, 9.17) is 25.9 Å². The highest BCUT2D eigenvalue weighted by molar-refractivity contribution is 6.30. The second kappa shape index (κ2) is 9.71. The normalized spacial score (nSPS) is 14.3. The van der Waals surface area contributed by atoms with Crippen LogP contribution in [0, 0.1) is 11.6 Å². The van der Waals surface area contributed by atoms with E-state index >= 15 is 0 Å². The van der Waals surface area contributed by atoms with E-state index in [1.807, 2.05) is 6.08 Å². The highest BCUT2D eigenvalue weighted by atomic mass is 35.5. The van der Waals surface area contributed by atoms with Gasteiger partial charge in [0, 0.05) is 42.9 Å². The average Bonchev–Trinajstić information content (AvgIpc) is 3.39. The third kappa shape index (κ3) is 4.82. The SMILES string of the molecule is Cn1c(CN2CC=C(c3nc(OCc4ccc(Cl)cc4F)ccc3F)CC2)nc2oc(C(=O)O)cc21. The maximum atomic E-state index is 14.6. The van der Waals surface area contributed by atoms with Crippen molar-refractivity contribution in [1.29, 1.82) is 0 Å². The summed E-state index contributed by atoms with van der Waals surface area (Å²) < 4.78 is 41.3. The molecule has 11 heteroatoms. The Morgan fingerprint density at radius 1 is 1.19 bits per heavy atom. The number of carbonyl (C=O) groups is 1. The number of aryl methyl sites for hydroxylation is 1. The van der Waals surface area contributed by atoms with Crippen molar-refractivity contribution in [1.82, 2.24) is 19.4 Å². The van der Waals surface area contributed by atoms with Gasteiger partial charge in [-0.25, -0.2) is 18.6 Å². The van der Waals surface area contributed by atoms with Crippen molar-refractivity contribution in [2.45, 2.75) is 19.6 Å². The van der Waals surface area contributed by atoms with Gasteiger partial charge in [0.1, 0.15) is 35.3 Å². The van der Waals surface area contributed by atoms with Crippen molar-refractivity contribution < 1.29 is 27.8 Å². The number of rotatable bonds is 7. The van der Waals surface area contributed by atoms with Gasteiger partial charge >= 0.3 is 5.97 Å². The molecule has 4 aromatic rings. The first-order valence-electron chi connectivity index (χ1n) is 11.1. The lowest BCUT2D eigenvalue weighted by molar-refractivity contribution is 0.0664. The van der Waals surface area contributed by atoms with Crippen molar-refractivity contribution in [2.75, 3.05) is 13.1 Å². The second-order valence-electron chi connectivity index (χ2n) is 8.41. The fraction of sp³-hybridized carbons (Fsp3) is 0.240. The van der Waals surface area contributed by atoms with Crippen LogP contribution in [0.25, 0.3) is 16.8 Å². The molecule has 4 heterocycles. The summed E-state index contributed by atoms with van der Waals surface area (Å²) in [5.41, 5.74) is 2.17. The fourth-order valence-corrected chi connectivity index (χ4v) is 4.22. The van der Waals surface area contributed by atoms with Crippen molar-refractivity contribution >= 4 is 34.4 Å². The van der Waals surface area contributed by atoms with Crippen LogP contribution in [0.2, 0.25) is 5.02 Å². The van der Waals surface area contributed by atoms with E-state index in [1.54, 1.807) is 17.7 Å². The van der Waals surface area contributed by atoms with E-state index < -0.39 is 17.6 Å². The molecule has 0 fully saturated rings. The Morgan fingerprint density at radius 2 is 2.03 bits per heavy atom. The maximum absolute atomic E-state index is 14.6. The van der Waals surface area contributed by atoms with Crippen LogP contribution in [0.1, 0.15) is 34.1 Å². The number of halogens is 3. The predicted octanol–water partition coefficient (Wildman–Crippen LogP) is 5.06. The highest BCUT2D eigenvalue weighted by Crippen LogP contribution is 2.27. The minimum Gasteiger partial charge on any atom is -0.475 e. The first-order valence-corrected chi connectivity index (χ1v) is 11.5. The van der Waals surface area contributed by atoms with E-state index in [9.17, 15) is 13.6 Å². The van der Waals surface area contributed by atoms with Gasteiger partial charge < -0.3 is 18.8 Å². The molecule has 3 aromatic heterocycles. The molecule has 1 aliphatic rings. The van der Waals surface area contributed by atoms with E-state index in [0.29, 0.717) is 42.2 Å². The molecule has 0 saturated heterocycles. The molecule has 0 saturated carbocycles. The summed E-state index contributed by atoms with van der Waals surface area (Å²) in [5.74, 6) is -1.32. The molecular weight excluding hydrogens is 494 g/mol. The monoisotopic (exact) mass is 514 g/mol. The number of nitrogens with zero attached hydrogens (tertiary/aromatic N) is 4. The molecular formula is C25H21ClF2N4O4. The zero-order valence-electron chi connectivity index (χ0n) is 19.2. The Labute approximate surface area is 209 Å². The number of imidazole rings is 1. The largest absolute Gasteiger partial charge is 0.475 e. The number of hydrogen-bond donors (Lipinski definition) is 1. The van der Waals surface area contributed by atoms with Crippen LogP contribution in [0.4, 0.5) is 8.78 Å². The van der Waals surface area contributed by atoms with Crippen molar-refractivity contribution in [3.8, 4) is 5.88 Å². The molecule has 1 N–H and O–H groups in total. The van der Waals surface area contributed by atoms with Crippen LogP contribution >= 0.6 is 11.6 Å². The van der Waals surface area contributed by atoms with Gasteiger partial charge in [-0.2, -0.15) is 4.98 Å². The number of carboxylic acid groups (broad SMARTS) is 1. The summed E-state index contributed by atoms with van der Waals surface area (Å²) in [5, 5.41) is 9.37. The molecule has 8 nitrogen and oxygen atoms in total. The lowest BCUT2D eigenvalue weighted by atomic mass is 10.0. The minimum atomic E-state index is -1.14. The molecule has 5 rings (SSSR count). The third-order valence-electron chi connectivity index (χ3n) is 6.06. The second-order valence-corrected chi connectivity index (χ2v) is 8.85. The zero-order valence-corrected chi connectivity index (χ0v) is 19.9. The van der Waals surface area contributed by atoms with Crippen LogP contribution in [0.15, 0.2) is 46.9 Å². The number of fused-ring (bicyclic) bond motifs is 1. The zero-order chi connectivity index (χ0) is 25.4. The lowest BCUT2D eigenvalue weighted by Crippen LogP contribution is -2.29.